The van der Waals surface area contributed by atoms with Gasteiger partial charge in [-0.25, -0.2) is 0 Å². The van der Waals surface area contributed by atoms with Crippen molar-refractivity contribution in [1.82, 2.24) is 0 Å². The van der Waals surface area contributed by atoms with Crippen LogP contribution in [-0.2, 0) is 20.9 Å². The molecule has 92 valence electrons. The van der Waals surface area contributed by atoms with Gasteiger partial charge in [0, 0.05) is 11.9 Å². The number of aliphatic hydroxyl groups excluding tert-OH is 1. The molecule has 1 unspecified atom stereocenters. The summed E-state index contributed by atoms with van der Waals surface area (Å²) in [7, 11) is 0. The Kier molecular flexibility index (Phi) is 8.51. The number of hydrogen-bond acceptors (Lipinski definition) is 5. The Morgan fingerprint density at radius 3 is 2.33 bits per heavy atom. The van der Waals surface area contributed by atoms with E-state index in [1.54, 1.807) is 11.4 Å². The third-order valence-electron chi connectivity index (χ3n) is 1.23. The molecule has 0 spiro atoms. The Balaban J connectivity index is 4.21. The fourth-order valence-electron chi connectivity index (χ4n) is 0.843. The van der Waals surface area contributed by atoms with Crippen LogP contribution in [0.15, 0.2) is 0 Å². The van der Waals surface area contributed by atoms with E-state index in [1.165, 1.54) is 0 Å². The maximum atomic E-state index is 8.68. The normalized spacial score (nSPS) is 15.9. The molecular formula is C9H21O3PS2. The predicted octanol–water partition coefficient (Wildman–Crippen LogP) is 3.18. The lowest BCUT2D eigenvalue weighted by Crippen LogP contribution is -2.04. The maximum absolute atomic E-state index is 8.68. The van der Waals surface area contributed by atoms with Crippen molar-refractivity contribution in [3.05, 3.63) is 0 Å². The summed E-state index contributed by atoms with van der Waals surface area (Å²) < 4.78 is 11.3. The van der Waals surface area contributed by atoms with E-state index in [4.69, 9.17) is 26.0 Å². The van der Waals surface area contributed by atoms with Gasteiger partial charge in [-0.3, -0.25) is 0 Å². The summed E-state index contributed by atoms with van der Waals surface area (Å²) in [6.45, 7) is 8.66. The molecule has 0 fully saturated rings. The van der Waals surface area contributed by atoms with E-state index >= 15 is 0 Å². The first-order chi connectivity index (χ1) is 6.89. The van der Waals surface area contributed by atoms with Crippen LogP contribution in [0.1, 0.15) is 34.1 Å². The van der Waals surface area contributed by atoms with E-state index in [0.29, 0.717) is 18.3 Å². The van der Waals surface area contributed by atoms with Crippen molar-refractivity contribution >= 4 is 28.9 Å². The SMILES string of the molecule is CC(C)OP(=S)(OCCCO)SC(C)C. The quantitative estimate of drug-likeness (QED) is 0.543. The van der Waals surface area contributed by atoms with Crippen LogP contribution in [0.4, 0.5) is 0 Å². The van der Waals surface area contributed by atoms with Crippen LogP contribution in [-0.4, -0.2) is 29.7 Å². The minimum absolute atomic E-state index is 0.0798. The second-order valence-corrected chi connectivity index (χ2v) is 10.4. The van der Waals surface area contributed by atoms with E-state index < -0.39 is 5.69 Å². The zero-order valence-electron chi connectivity index (χ0n) is 9.80. The molecule has 15 heavy (non-hydrogen) atoms. The Morgan fingerprint density at radius 1 is 1.33 bits per heavy atom. The Bertz CT molecular complexity index is 196. The summed E-state index contributed by atoms with van der Waals surface area (Å²) in [5.74, 6) is 0. The summed E-state index contributed by atoms with van der Waals surface area (Å²) in [6.07, 6.45) is 0.689. The van der Waals surface area contributed by atoms with Gasteiger partial charge in [0.1, 0.15) is 0 Å². The average molecular weight is 272 g/mol. The van der Waals surface area contributed by atoms with Crippen molar-refractivity contribution in [2.75, 3.05) is 13.2 Å². The molecule has 0 radical (unpaired) electrons. The molecule has 0 aromatic rings. The highest BCUT2D eigenvalue weighted by molar-refractivity contribution is 8.68. The molecule has 3 nitrogen and oxygen atoms in total. The minimum atomic E-state index is -2.22. The highest BCUT2D eigenvalue weighted by Crippen LogP contribution is 2.63. The van der Waals surface area contributed by atoms with E-state index in [2.05, 4.69) is 13.8 Å². The zero-order valence-corrected chi connectivity index (χ0v) is 12.3. The van der Waals surface area contributed by atoms with Gasteiger partial charge in [-0.2, -0.15) is 0 Å². The standard InChI is InChI=1S/C9H21O3PS2/c1-8(2)12-13(14,15-9(3)4)11-7-5-6-10/h8-10H,5-7H2,1-4H3. The summed E-state index contributed by atoms with van der Waals surface area (Å²) in [5, 5.41) is 9.07. The van der Waals surface area contributed by atoms with Crippen molar-refractivity contribution in [2.45, 2.75) is 45.5 Å². The largest absolute Gasteiger partial charge is 0.396 e. The molecule has 0 aliphatic rings. The van der Waals surface area contributed by atoms with E-state index in [-0.39, 0.29) is 12.7 Å². The highest BCUT2D eigenvalue weighted by Gasteiger charge is 2.23. The molecule has 0 aromatic heterocycles. The van der Waals surface area contributed by atoms with Crippen molar-refractivity contribution in [3.63, 3.8) is 0 Å². The summed E-state index contributed by atoms with van der Waals surface area (Å²) in [5.41, 5.74) is -2.22. The van der Waals surface area contributed by atoms with E-state index in [0.717, 1.165) is 0 Å². The highest BCUT2D eigenvalue weighted by atomic mass is 32.9. The van der Waals surface area contributed by atoms with Gasteiger partial charge in [0.15, 0.2) is 0 Å². The average Bonchev–Trinajstić information content (AvgIpc) is 2.00. The first-order valence-electron chi connectivity index (χ1n) is 5.12. The predicted molar refractivity (Wildman–Crippen MR) is 70.9 cm³/mol. The topological polar surface area (TPSA) is 38.7 Å². The molecular weight excluding hydrogens is 251 g/mol. The zero-order chi connectivity index (χ0) is 11.9. The van der Waals surface area contributed by atoms with Crippen LogP contribution in [0.25, 0.3) is 0 Å². The third-order valence-corrected chi connectivity index (χ3v) is 7.05. The fraction of sp³-hybridized carbons (Fsp3) is 1.00. The number of rotatable bonds is 8. The van der Waals surface area contributed by atoms with Crippen LogP contribution in [0.3, 0.4) is 0 Å². The van der Waals surface area contributed by atoms with Crippen LogP contribution in [0.5, 0.6) is 0 Å². The van der Waals surface area contributed by atoms with Gasteiger partial charge < -0.3 is 14.2 Å². The molecule has 1 atom stereocenters. The van der Waals surface area contributed by atoms with Crippen LogP contribution < -0.4 is 0 Å². The van der Waals surface area contributed by atoms with Crippen molar-refractivity contribution in [2.24, 2.45) is 0 Å². The number of hydrogen-bond donors (Lipinski definition) is 1. The summed E-state index contributed by atoms with van der Waals surface area (Å²) in [6, 6.07) is 0. The lowest BCUT2D eigenvalue weighted by molar-refractivity contribution is 0.197. The molecule has 0 rings (SSSR count). The second-order valence-electron chi connectivity index (χ2n) is 3.67. The van der Waals surface area contributed by atoms with Crippen molar-refractivity contribution < 1.29 is 14.2 Å². The van der Waals surface area contributed by atoms with Gasteiger partial charge in [-0.15, -0.1) is 0 Å². The molecule has 0 saturated heterocycles. The Labute approximate surface area is 102 Å². The first-order valence-corrected chi connectivity index (χ1v) is 9.24. The van der Waals surface area contributed by atoms with Crippen LogP contribution in [0.2, 0.25) is 0 Å². The molecule has 0 aromatic carbocycles. The lowest BCUT2D eigenvalue weighted by Gasteiger charge is -2.24. The smallest absolute Gasteiger partial charge is 0.247 e. The molecule has 0 saturated carbocycles. The molecule has 1 N–H and O–H groups in total. The van der Waals surface area contributed by atoms with Gasteiger partial charge >= 0.3 is 0 Å². The van der Waals surface area contributed by atoms with Gasteiger partial charge in [0.2, 0.25) is 5.69 Å². The Hall–Kier alpha value is 0.880. The van der Waals surface area contributed by atoms with Crippen molar-refractivity contribution in [3.8, 4) is 0 Å². The van der Waals surface area contributed by atoms with Gasteiger partial charge in [-0.1, -0.05) is 25.2 Å². The van der Waals surface area contributed by atoms with E-state index in [9.17, 15) is 0 Å². The minimum Gasteiger partial charge on any atom is -0.396 e. The molecule has 0 aliphatic carbocycles. The lowest BCUT2D eigenvalue weighted by atomic mass is 10.5. The van der Waals surface area contributed by atoms with Crippen molar-refractivity contribution in [1.29, 1.82) is 0 Å². The second kappa shape index (κ2) is 8.04. The van der Waals surface area contributed by atoms with Crippen LogP contribution >= 0.6 is 17.1 Å². The Morgan fingerprint density at radius 2 is 1.93 bits per heavy atom. The fourth-order valence-corrected chi connectivity index (χ4v) is 7.31. The molecule has 0 amide bonds. The van der Waals surface area contributed by atoms with Gasteiger partial charge in [-0.05, 0) is 32.1 Å². The number of aliphatic hydroxyl groups is 1. The summed E-state index contributed by atoms with van der Waals surface area (Å²) in [4.78, 5) is 0. The first kappa shape index (κ1) is 15.9. The summed E-state index contributed by atoms with van der Waals surface area (Å²) >= 11 is 7.00. The third kappa shape index (κ3) is 8.66. The molecule has 0 aliphatic heterocycles. The van der Waals surface area contributed by atoms with E-state index in [1.807, 2.05) is 13.8 Å². The maximum Gasteiger partial charge on any atom is 0.247 e. The van der Waals surface area contributed by atoms with Gasteiger partial charge in [0.05, 0.1) is 12.7 Å². The van der Waals surface area contributed by atoms with Crippen LogP contribution in [0, 0.1) is 0 Å². The van der Waals surface area contributed by atoms with Gasteiger partial charge in [0.25, 0.3) is 0 Å². The molecule has 0 heterocycles. The molecule has 0 bridgehead atoms. The molecule has 6 heteroatoms. The monoisotopic (exact) mass is 272 g/mol.